The third-order valence-corrected chi connectivity index (χ3v) is 3.05. The van der Waals surface area contributed by atoms with Gasteiger partial charge in [-0.1, -0.05) is 0 Å². The summed E-state index contributed by atoms with van der Waals surface area (Å²) in [5.41, 5.74) is -2.25. The lowest BCUT2D eigenvalue weighted by molar-refractivity contribution is -0.179. The number of esters is 2. The third-order valence-electron chi connectivity index (χ3n) is 2.47. The first-order valence-corrected chi connectivity index (χ1v) is 8.52. The molecule has 140 valence electrons. The maximum Gasteiger partial charge on any atom is 0.411 e. The highest BCUT2D eigenvalue weighted by Crippen LogP contribution is 2.19. The zero-order valence-corrected chi connectivity index (χ0v) is 16.3. The summed E-state index contributed by atoms with van der Waals surface area (Å²) in [6, 6.07) is 0. The number of aromatic nitrogens is 1. The maximum absolute atomic E-state index is 12.5. The van der Waals surface area contributed by atoms with Crippen LogP contribution in [0.1, 0.15) is 59.0 Å². The minimum Gasteiger partial charge on any atom is -0.456 e. The molecule has 0 aliphatic rings. The van der Waals surface area contributed by atoms with E-state index in [0.29, 0.717) is 0 Å². The van der Waals surface area contributed by atoms with Crippen LogP contribution in [0.5, 0.6) is 0 Å². The van der Waals surface area contributed by atoms with Crippen molar-refractivity contribution in [3.05, 3.63) is 16.6 Å². The van der Waals surface area contributed by atoms with Crippen LogP contribution in [-0.2, 0) is 19.0 Å². The Morgan fingerprint density at radius 2 is 1.52 bits per heavy atom. The maximum atomic E-state index is 12.5. The largest absolute Gasteiger partial charge is 0.456 e. The van der Waals surface area contributed by atoms with Crippen molar-refractivity contribution in [2.75, 3.05) is 0 Å². The number of thiazole rings is 1. The van der Waals surface area contributed by atoms with E-state index in [2.05, 4.69) is 10.3 Å². The standard InChI is InChI=1S/C16H24N2O6S/c1-14(2,3)23-12(20)16(7,18-13(21)24-15(4,5)6)22-11(19)10-8-25-9-17-10/h8-9H,1-7H3,(H,18,21)/t16-/m0/s1. The van der Waals surface area contributed by atoms with E-state index in [1.807, 2.05) is 0 Å². The summed E-state index contributed by atoms with van der Waals surface area (Å²) in [5, 5.41) is 3.73. The molecule has 0 aliphatic carbocycles. The van der Waals surface area contributed by atoms with Crippen LogP contribution in [0.2, 0.25) is 0 Å². The minimum atomic E-state index is -2.07. The molecule has 1 aromatic rings. The van der Waals surface area contributed by atoms with Gasteiger partial charge in [0.1, 0.15) is 11.2 Å². The van der Waals surface area contributed by atoms with Gasteiger partial charge in [-0.2, -0.15) is 0 Å². The number of nitrogens with one attached hydrogen (secondary N) is 1. The number of ether oxygens (including phenoxy) is 3. The van der Waals surface area contributed by atoms with Gasteiger partial charge in [0, 0.05) is 12.3 Å². The van der Waals surface area contributed by atoms with Crippen LogP contribution in [0.15, 0.2) is 10.9 Å². The number of hydrogen-bond donors (Lipinski definition) is 1. The summed E-state index contributed by atoms with van der Waals surface area (Å²) in [6.07, 6.45) is -0.924. The van der Waals surface area contributed by atoms with Crippen molar-refractivity contribution in [1.29, 1.82) is 0 Å². The van der Waals surface area contributed by atoms with Gasteiger partial charge in [-0.05, 0) is 41.5 Å². The highest BCUT2D eigenvalue weighted by Gasteiger charge is 2.44. The van der Waals surface area contributed by atoms with E-state index in [-0.39, 0.29) is 5.69 Å². The molecule has 1 amide bonds. The highest BCUT2D eigenvalue weighted by molar-refractivity contribution is 7.07. The zero-order valence-electron chi connectivity index (χ0n) is 15.5. The van der Waals surface area contributed by atoms with Gasteiger partial charge in [0.25, 0.3) is 5.72 Å². The van der Waals surface area contributed by atoms with Crippen LogP contribution in [-0.4, -0.2) is 39.9 Å². The van der Waals surface area contributed by atoms with E-state index >= 15 is 0 Å². The second-order valence-corrected chi connectivity index (χ2v) is 8.14. The van der Waals surface area contributed by atoms with Crippen molar-refractivity contribution in [3.63, 3.8) is 0 Å². The van der Waals surface area contributed by atoms with Crippen LogP contribution in [0.25, 0.3) is 0 Å². The van der Waals surface area contributed by atoms with Gasteiger partial charge in [0.2, 0.25) is 0 Å². The zero-order chi connectivity index (χ0) is 19.5. The molecule has 1 atom stereocenters. The molecule has 8 nitrogen and oxygen atoms in total. The lowest BCUT2D eigenvalue weighted by atomic mass is 10.1. The number of rotatable bonds is 4. The molecule has 1 rings (SSSR count). The summed E-state index contributed by atoms with van der Waals surface area (Å²) >= 11 is 1.19. The van der Waals surface area contributed by atoms with Crippen molar-refractivity contribution >= 4 is 29.4 Å². The third kappa shape index (κ3) is 7.08. The molecule has 0 bridgehead atoms. The van der Waals surface area contributed by atoms with Crippen LogP contribution < -0.4 is 5.32 Å². The average molecular weight is 372 g/mol. The number of alkyl carbamates (subject to hydrolysis) is 1. The van der Waals surface area contributed by atoms with Gasteiger partial charge in [0.05, 0.1) is 5.51 Å². The summed E-state index contributed by atoms with van der Waals surface area (Å²) < 4.78 is 15.6. The first-order valence-electron chi connectivity index (χ1n) is 7.58. The molecule has 0 saturated heterocycles. The normalized spacial score (nSPS) is 14.2. The number of nitrogens with zero attached hydrogens (tertiary/aromatic N) is 1. The van der Waals surface area contributed by atoms with Gasteiger partial charge in [-0.25, -0.2) is 19.4 Å². The van der Waals surface area contributed by atoms with E-state index < -0.39 is 35.0 Å². The Hall–Kier alpha value is -2.16. The van der Waals surface area contributed by atoms with Gasteiger partial charge < -0.3 is 14.2 Å². The molecule has 0 radical (unpaired) electrons. The van der Waals surface area contributed by atoms with E-state index in [9.17, 15) is 14.4 Å². The molecule has 0 saturated carbocycles. The summed E-state index contributed by atoms with van der Waals surface area (Å²) in [4.78, 5) is 40.6. The number of hydrogen-bond acceptors (Lipinski definition) is 8. The highest BCUT2D eigenvalue weighted by atomic mass is 32.1. The SMILES string of the molecule is CC(C)(C)OC(=O)N[C@@](C)(OC(=O)c1cscn1)C(=O)OC(C)(C)C. The van der Waals surface area contributed by atoms with Gasteiger partial charge >= 0.3 is 18.0 Å². The molecular formula is C16H24N2O6S. The fourth-order valence-corrected chi connectivity index (χ4v) is 2.06. The van der Waals surface area contributed by atoms with E-state index in [0.717, 1.165) is 0 Å². The minimum absolute atomic E-state index is 0.0192. The Balaban J connectivity index is 3.02. The fraction of sp³-hybridized carbons (Fsp3) is 0.625. The van der Waals surface area contributed by atoms with Gasteiger partial charge in [-0.3, -0.25) is 5.32 Å². The molecule has 1 N–H and O–H groups in total. The van der Waals surface area contributed by atoms with Crippen LogP contribution in [0, 0.1) is 0 Å². The van der Waals surface area contributed by atoms with Crippen LogP contribution in [0.4, 0.5) is 4.79 Å². The Morgan fingerprint density at radius 1 is 0.960 bits per heavy atom. The summed E-state index contributed by atoms with van der Waals surface area (Å²) in [7, 11) is 0. The quantitative estimate of drug-likeness (QED) is 0.492. The average Bonchev–Trinajstić information content (AvgIpc) is 2.87. The molecule has 1 heterocycles. The molecule has 0 aromatic carbocycles. The molecule has 0 spiro atoms. The second kappa shape index (κ2) is 7.38. The van der Waals surface area contributed by atoms with E-state index in [1.54, 1.807) is 41.5 Å². The smallest absolute Gasteiger partial charge is 0.411 e. The summed E-state index contributed by atoms with van der Waals surface area (Å²) in [6.45, 7) is 11.2. The Labute approximate surface area is 150 Å². The molecule has 1 aromatic heterocycles. The predicted molar refractivity (Wildman–Crippen MR) is 91.1 cm³/mol. The first kappa shape index (κ1) is 20.9. The Morgan fingerprint density at radius 3 is 1.96 bits per heavy atom. The number of amides is 1. The first-order chi connectivity index (χ1) is 11.2. The number of carbonyl (C=O) groups is 3. The predicted octanol–water partition coefficient (Wildman–Crippen LogP) is 2.88. The van der Waals surface area contributed by atoms with Crippen molar-refractivity contribution in [3.8, 4) is 0 Å². The van der Waals surface area contributed by atoms with Gasteiger partial charge in [-0.15, -0.1) is 11.3 Å². The summed E-state index contributed by atoms with van der Waals surface area (Å²) in [5.74, 6) is -1.81. The van der Waals surface area contributed by atoms with E-state index in [1.165, 1.54) is 29.2 Å². The lowest BCUT2D eigenvalue weighted by Crippen LogP contribution is -2.58. The van der Waals surface area contributed by atoms with Crippen LogP contribution >= 0.6 is 11.3 Å². The Kier molecular flexibility index (Phi) is 6.17. The van der Waals surface area contributed by atoms with Crippen molar-refractivity contribution < 1.29 is 28.6 Å². The topological polar surface area (TPSA) is 104 Å². The molecule has 0 fully saturated rings. The number of carbonyl (C=O) groups excluding carboxylic acids is 3. The monoisotopic (exact) mass is 372 g/mol. The second-order valence-electron chi connectivity index (χ2n) is 7.43. The lowest BCUT2D eigenvalue weighted by Gasteiger charge is -2.32. The van der Waals surface area contributed by atoms with Crippen molar-refractivity contribution in [2.24, 2.45) is 0 Å². The van der Waals surface area contributed by atoms with Crippen LogP contribution in [0.3, 0.4) is 0 Å². The molecule has 0 aliphatic heterocycles. The van der Waals surface area contributed by atoms with Crippen molar-refractivity contribution in [1.82, 2.24) is 10.3 Å². The molecular weight excluding hydrogens is 348 g/mol. The fourth-order valence-electron chi connectivity index (χ4n) is 1.54. The Bertz CT molecular complexity index is 630. The molecule has 9 heteroatoms. The molecule has 25 heavy (non-hydrogen) atoms. The molecule has 0 unspecified atom stereocenters. The van der Waals surface area contributed by atoms with Gasteiger partial charge in [0.15, 0.2) is 5.69 Å². The van der Waals surface area contributed by atoms with E-state index in [4.69, 9.17) is 14.2 Å². The van der Waals surface area contributed by atoms with Crippen molar-refractivity contribution in [2.45, 2.75) is 65.4 Å².